The summed E-state index contributed by atoms with van der Waals surface area (Å²) in [6.45, 7) is 22.2. The van der Waals surface area contributed by atoms with Gasteiger partial charge in [-0.1, -0.05) is 80.1 Å². The van der Waals surface area contributed by atoms with Crippen molar-refractivity contribution in [1.29, 1.82) is 0 Å². The summed E-state index contributed by atoms with van der Waals surface area (Å²) in [5, 5.41) is 0. The van der Waals surface area contributed by atoms with Crippen LogP contribution in [-0.2, 0) is 37.0 Å². The van der Waals surface area contributed by atoms with Crippen molar-refractivity contribution in [1.82, 2.24) is 0 Å². The van der Waals surface area contributed by atoms with E-state index in [9.17, 15) is 0 Å². The van der Waals surface area contributed by atoms with Gasteiger partial charge in [-0.2, -0.15) is 45.5 Å². The molecule has 0 amide bonds. The van der Waals surface area contributed by atoms with E-state index in [4.69, 9.17) is 0 Å². The van der Waals surface area contributed by atoms with Gasteiger partial charge in [0.1, 0.15) is 0 Å². The van der Waals surface area contributed by atoms with E-state index in [0.29, 0.717) is 10.8 Å². The second-order valence-electron chi connectivity index (χ2n) is 8.76. The van der Waals surface area contributed by atoms with Gasteiger partial charge in [-0.3, -0.25) is 0 Å². The Morgan fingerprint density at radius 3 is 0.920 bits per heavy atom. The first-order chi connectivity index (χ1) is 9.82. The minimum absolute atomic E-state index is 0. The summed E-state index contributed by atoms with van der Waals surface area (Å²) in [5.74, 6) is 0. The molecule has 0 aliphatic carbocycles. The summed E-state index contributed by atoms with van der Waals surface area (Å²) in [5.41, 5.74) is 9.19. The Balaban J connectivity index is -0.000000346. The predicted molar refractivity (Wildman–Crippen MR) is 100 cm³/mol. The van der Waals surface area contributed by atoms with E-state index in [1.807, 2.05) is 0 Å². The van der Waals surface area contributed by atoms with E-state index < -0.39 is 0 Å². The molecule has 0 unspecified atom stereocenters. The van der Waals surface area contributed by atoms with Gasteiger partial charge in [-0.15, -0.1) is 0 Å². The van der Waals surface area contributed by atoms with Gasteiger partial charge in [-0.25, -0.2) is 12.1 Å². The van der Waals surface area contributed by atoms with Crippen molar-refractivity contribution >= 4 is 0 Å². The molecule has 0 radical (unpaired) electrons. The van der Waals surface area contributed by atoms with Crippen molar-refractivity contribution in [3.8, 4) is 0 Å². The third kappa shape index (κ3) is 9.08. The molecule has 0 aliphatic rings. The normalized spacial score (nSPS) is 10.6. The maximum Gasteiger partial charge on any atom is 4.00 e. The number of rotatable bonds is 0. The van der Waals surface area contributed by atoms with E-state index in [-0.39, 0.29) is 51.0 Å². The molecule has 0 saturated heterocycles. The van der Waals surface area contributed by atoms with Crippen molar-refractivity contribution < 1.29 is 51.0 Å². The number of aryl methyl sites for hydroxylation is 4. The van der Waals surface area contributed by atoms with Crippen molar-refractivity contribution in [3.63, 3.8) is 0 Å². The van der Waals surface area contributed by atoms with Crippen LogP contribution in [0.3, 0.4) is 0 Å². The average Bonchev–Trinajstić information content (AvgIpc) is 2.80. The standard InChI is InChI=1S/2C11H17.2ClH.Zr/c2*1-8-6-9(2)10(7-8)11(3,4)5;;;/h2*6-7H,1-5H3;2*1H;/q2*-1;;;+4/p-2. The second kappa shape index (κ2) is 11.1. The van der Waals surface area contributed by atoms with Crippen LogP contribution in [-0.4, -0.2) is 0 Å². The molecule has 0 heterocycles. The van der Waals surface area contributed by atoms with Gasteiger partial charge in [0, 0.05) is 0 Å². The summed E-state index contributed by atoms with van der Waals surface area (Å²) in [6, 6.07) is 9.08. The summed E-state index contributed by atoms with van der Waals surface area (Å²) in [7, 11) is 0. The van der Waals surface area contributed by atoms with Gasteiger partial charge >= 0.3 is 26.2 Å². The Bertz CT molecular complexity index is 563. The monoisotopic (exact) mass is 458 g/mol. The van der Waals surface area contributed by atoms with Crippen molar-refractivity contribution in [2.45, 2.75) is 80.1 Å². The molecule has 0 aromatic heterocycles. The van der Waals surface area contributed by atoms with Crippen LogP contribution in [0.15, 0.2) is 24.3 Å². The van der Waals surface area contributed by atoms with Crippen LogP contribution in [0.1, 0.15) is 74.9 Å². The van der Waals surface area contributed by atoms with Crippen LogP contribution in [0.5, 0.6) is 0 Å². The van der Waals surface area contributed by atoms with Gasteiger partial charge < -0.3 is 24.8 Å². The molecule has 0 N–H and O–H groups in total. The van der Waals surface area contributed by atoms with E-state index in [2.05, 4.69) is 93.5 Å². The minimum atomic E-state index is 0. The van der Waals surface area contributed by atoms with Crippen LogP contribution in [0, 0.1) is 27.7 Å². The van der Waals surface area contributed by atoms with Crippen molar-refractivity contribution in [3.05, 3.63) is 57.6 Å². The van der Waals surface area contributed by atoms with Gasteiger partial charge in [-0.05, 0) is 0 Å². The Hall–Kier alpha value is 0.163. The number of hydrogen-bond acceptors (Lipinski definition) is 0. The molecule has 0 aliphatic heterocycles. The quantitative estimate of drug-likeness (QED) is 0.507. The molecule has 0 nitrogen and oxygen atoms in total. The van der Waals surface area contributed by atoms with E-state index >= 15 is 0 Å². The van der Waals surface area contributed by atoms with Crippen LogP contribution in [0.4, 0.5) is 0 Å². The molecule has 0 bridgehead atoms. The average molecular weight is 461 g/mol. The Morgan fingerprint density at radius 2 is 0.840 bits per heavy atom. The van der Waals surface area contributed by atoms with Crippen LogP contribution >= 0.6 is 0 Å². The van der Waals surface area contributed by atoms with Crippen LogP contribution in [0.25, 0.3) is 0 Å². The number of hydrogen-bond donors (Lipinski definition) is 0. The maximum absolute atomic E-state index is 2.29. The van der Waals surface area contributed by atoms with Crippen LogP contribution < -0.4 is 24.8 Å². The van der Waals surface area contributed by atoms with Gasteiger partial charge in [0.05, 0.1) is 0 Å². The topological polar surface area (TPSA) is 0 Å². The molecule has 2 aromatic rings. The van der Waals surface area contributed by atoms with Gasteiger partial charge in [0.25, 0.3) is 0 Å². The molecule has 0 atom stereocenters. The first-order valence-electron chi connectivity index (χ1n) is 8.31. The molecule has 2 rings (SSSR count). The van der Waals surface area contributed by atoms with Gasteiger partial charge in [0.15, 0.2) is 0 Å². The smallest absolute Gasteiger partial charge is 1.00 e. The second-order valence-corrected chi connectivity index (χ2v) is 8.76. The van der Waals surface area contributed by atoms with Gasteiger partial charge in [0.2, 0.25) is 0 Å². The minimum Gasteiger partial charge on any atom is -1.00 e. The Labute approximate surface area is 187 Å². The molecule has 0 fully saturated rings. The van der Waals surface area contributed by atoms with Crippen LogP contribution in [0.2, 0.25) is 0 Å². The predicted octanol–water partition coefficient (Wildman–Crippen LogP) is 0.645. The molecule has 2 aromatic carbocycles. The Morgan fingerprint density at radius 1 is 0.600 bits per heavy atom. The fraction of sp³-hybridized carbons (Fsp3) is 0.545. The molecular weight excluding hydrogens is 426 g/mol. The summed E-state index contributed by atoms with van der Waals surface area (Å²) >= 11 is 0. The zero-order chi connectivity index (χ0) is 17.3. The third-order valence-electron chi connectivity index (χ3n) is 4.10. The molecule has 0 spiro atoms. The zero-order valence-corrected chi connectivity index (χ0v) is 21.5. The first-order valence-corrected chi connectivity index (χ1v) is 8.31. The maximum atomic E-state index is 2.29. The first kappa shape index (κ1) is 29.9. The molecule has 0 saturated carbocycles. The van der Waals surface area contributed by atoms with Crippen molar-refractivity contribution in [2.24, 2.45) is 0 Å². The fourth-order valence-corrected chi connectivity index (χ4v) is 3.22. The third-order valence-corrected chi connectivity index (χ3v) is 4.10. The van der Waals surface area contributed by atoms with E-state index in [1.54, 1.807) is 0 Å². The molecule has 25 heavy (non-hydrogen) atoms. The number of halogens is 2. The van der Waals surface area contributed by atoms with Crippen molar-refractivity contribution in [2.75, 3.05) is 0 Å². The zero-order valence-electron chi connectivity index (χ0n) is 17.6. The SMILES string of the molecule is Cc1cc(C(C)(C)C)c(C)[cH-]1.Cc1cc(C(C)(C)C)c(C)[cH-]1.[Cl-].[Cl-].[Zr+4]. The largest absolute Gasteiger partial charge is 4.00 e. The molecular formula is C22H34Cl2Zr. The summed E-state index contributed by atoms with van der Waals surface area (Å²) in [4.78, 5) is 0. The molecule has 140 valence electrons. The fourth-order valence-electron chi connectivity index (χ4n) is 3.22. The molecule has 3 heteroatoms. The Kier molecular flexibility index (Phi) is 13.3. The summed E-state index contributed by atoms with van der Waals surface area (Å²) in [6.07, 6.45) is 0. The van der Waals surface area contributed by atoms with E-state index in [0.717, 1.165) is 0 Å². The summed E-state index contributed by atoms with van der Waals surface area (Å²) < 4.78 is 0. The van der Waals surface area contributed by atoms with E-state index in [1.165, 1.54) is 33.4 Å².